The number of H-pyrrole nitrogens is 1. The van der Waals surface area contributed by atoms with Crippen molar-refractivity contribution in [3.63, 3.8) is 0 Å². The number of carbonyl (C=O) groups is 2. The molecule has 1 saturated heterocycles. The first-order chi connectivity index (χ1) is 12.1. The maximum atomic E-state index is 14.6. The van der Waals surface area contributed by atoms with Crippen LogP contribution in [0.15, 0.2) is 24.5 Å². The molecule has 0 radical (unpaired) electrons. The second-order valence-corrected chi connectivity index (χ2v) is 6.34. The van der Waals surface area contributed by atoms with Crippen molar-refractivity contribution in [2.45, 2.75) is 19.4 Å². The van der Waals surface area contributed by atoms with Gasteiger partial charge in [0.15, 0.2) is 0 Å². The number of fused-ring (bicyclic) bond motifs is 1. The molecule has 0 bridgehead atoms. The smallest absolute Gasteiger partial charge is 0.229 e. The van der Waals surface area contributed by atoms with Crippen molar-refractivity contribution in [1.82, 2.24) is 15.5 Å². The number of aromatic nitrogens is 2. The van der Waals surface area contributed by atoms with Crippen molar-refractivity contribution in [1.29, 1.82) is 0 Å². The van der Waals surface area contributed by atoms with E-state index in [4.69, 9.17) is 0 Å². The van der Waals surface area contributed by atoms with E-state index in [0.29, 0.717) is 24.2 Å². The minimum absolute atomic E-state index is 0.105. The average Bonchev–Trinajstić information content (AvgIpc) is 3.27. The molecule has 3 heterocycles. The highest BCUT2D eigenvalue weighted by Gasteiger charge is 2.36. The molecule has 25 heavy (non-hydrogen) atoms. The van der Waals surface area contributed by atoms with Crippen molar-refractivity contribution >= 4 is 23.2 Å². The standard InChI is InChI=1S/C17H18FN5O2/c18-16-13-3-4-19-6-10(13)1-2-14(16)22-17(25)11-5-15(24)23(9-11)12-7-20-21-8-12/h1-2,7-8,11,19H,3-6,9H2,(H,20,21)(H,22,25). The third-order valence-electron chi connectivity index (χ3n) is 4.76. The Balaban J connectivity index is 1.49. The number of nitrogens with one attached hydrogen (secondary N) is 3. The molecule has 2 aromatic rings. The fourth-order valence-corrected chi connectivity index (χ4v) is 3.39. The summed E-state index contributed by atoms with van der Waals surface area (Å²) in [5, 5.41) is 12.3. The number of halogens is 1. The molecular formula is C17H18FN5O2. The average molecular weight is 343 g/mol. The summed E-state index contributed by atoms with van der Waals surface area (Å²) in [6.07, 6.45) is 3.85. The molecule has 2 aliphatic rings. The van der Waals surface area contributed by atoms with Crippen LogP contribution >= 0.6 is 0 Å². The van der Waals surface area contributed by atoms with Gasteiger partial charge in [0, 0.05) is 25.7 Å². The quantitative estimate of drug-likeness (QED) is 0.781. The van der Waals surface area contributed by atoms with Crippen molar-refractivity contribution < 1.29 is 14.0 Å². The normalized spacial score (nSPS) is 19.8. The first kappa shape index (κ1) is 15.8. The molecule has 0 aliphatic carbocycles. The van der Waals surface area contributed by atoms with Crippen LogP contribution in [0.25, 0.3) is 0 Å². The van der Waals surface area contributed by atoms with Gasteiger partial charge in [-0.2, -0.15) is 5.10 Å². The van der Waals surface area contributed by atoms with Crippen LogP contribution in [0.4, 0.5) is 15.8 Å². The zero-order chi connectivity index (χ0) is 17.4. The van der Waals surface area contributed by atoms with Gasteiger partial charge in [0.25, 0.3) is 0 Å². The summed E-state index contributed by atoms with van der Waals surface area (Å²) in [6.45, 7) is 1.62. The second kappa shape index (κ2) is 6.29. The minimum atomic E-state index is -0.514. The van der Waals surface area contributed by atoms with Gasteiger partial charge in [-0.05, 0) is 30.2 Å². The van der Waals surface area contributed by atoms with Crippen LogP contribution in [0, 0.1) is 11.7 Å². The molecule has 0 saturated carbocycles. The molecule has 1 unspecified atom stereocenters. The summed E-state index contributed by atoms with van der Waals surface area (Å²) in [6, 6.07) is 3.42. The zero-order valence-corrected chi connectivity index (χ0v) is 13.5. The summed E-state index contributed by atoms with van der Waals surface area (Å²) in [4.78, 5) is 26.1. The molecule has 1 aromatic carbocycles. The topological polar surface area (TPSA) is 90.1 Å². The van der Waals surface area contributed by atoms with Gasteiger partial charge in [0.2, 0.25) is 11.8 Å². The lowest BCUT2D eigenvalue weighted by Gasteiger charge is -2.20. The van der Waals surface area contributed by atoms with Crippen LogP contribution in [0.5, 0.6) is 0 Å². The maximum absolute atomic E-state index is 14.6. The van der Waals surface area contributed by atoms with Crippen LogP contribution in [-0.2, 0) is 22.6 Å². The highest BCUT2D eigenvalue weighted by atomic mass is 19.1. The summed E-state index contributed by atoms with van der Waals surface area (Å²) >= 11 is 0. The number of hydrogen-bond donors (Lipinski definition) is 3. The van der Waals surface area contributed by atoms with Gasteiger partial charge < -0.3 is 15.5 Å². The van der Waals surface area contributed by atoms with E-state index < -0.39 is 5.92 Å². The van der Waals surface area contributed by atoms with E-state index in [9.17, 15) is 14.0 Å². The van der Waals surface area contributed by atoms with Gasteiger partial charge in [0.05, 0.1) is 23.5 Å². The third-order valence-corrected chi connectivity index (χ3v) is 4.76. The van der Waals surface area contributed by atoms with E-state index in [-0.39, 0.29) is 36.3 Å². The van der Waals surface area contributed by atoms with Crippen LogP contribution in [-0.4, -0.2) is 35.1 Å². The Kier molecular flexibility index (Phi) is 3.96. The molecule has 2 aliphatic heterocycles. The maximum Gasteiger partial charge on any atom is 0.229 e. The molecule has 130 valence electrons. The summed E-state index contributed by atoms with van der Waals surface area (Å²) < 4.78 is 14.6. The number of anilines is 2. The summed E-state index contributed by atoms with van der Waals surface area (Å²) in [5.41, 5.74) is 2.38. The monoisotopic (exact) mass is 343 g/mol. The predicted octanol–water partition coefficient (Wildman–Crippen LogP) is 1.19. The number of nitrogens with zero attached hydrogens (tertiary/aromatic N) is 2. The highest BCUT2D eigenvalue weighted by Crippen LogP contribution is 2.28. The van der Waals surface area contributed by atoms with Crippen molar-refractivity contribution in [2.24, 2.45) is 5.92 Å². The van der Waals surface area contributed by atoms with E-state index >= 15 is 0 Å². The fraction of sp³-hybridized carbons (Fsp3) is 0.353. The Hall–Kier alpha value is -2.74. The first-order valence-corrected chi connectivity index (χ1v) is 8.24. The predicted molar refractivity (Wildman–Crippen MR) is 89.5 cm³/mol. The molecule has 2 amide bonds. The Labute approximate surface area is 143 Å². The molecule has 1 aromatic heterocycles. The molecule has 4 rings (SSSR count). The van der Waals surface area contributed by atoms with Gasteiger partial charge in [-0.3, -0.25) is 14.7 Å². The van der Waals surface area contributed by atoms with Crippen molar-refractivity contribution in [3.8, 4) is 0 Å². The van der Waals surface area contributed by atoms with Crippen LogP contribution < -0.4 is 15.5 Å². The molecule has 7 nitrogen and oxygen atoms in total. The highest BCUT2D eigenvalue weighted by molar-refractivity contribution is 6.03. The Morgan fingerprint density at radius 1 is 1.40 bits per heavy atom. The van der Waals surface area contributed by atoms with Gasteiger partial charge in [-0.25, -0.2) is 4.39 Å². The summed E-state index contributed by atoms with van der Waals surface area (Å²) in [7, 11) is 0. The number of amides is 2. The van der Waals surface area contributed by atoms with Gasteiger partial charge in [-0.15, -0.1) is 0 Å². The fourth-order valence-electron chi connectivity index (χ4n) is 3.39. The van der Waals surface area contributed by atoms with Gasteiger partial charge >= 0.3 is 0 Å². The molecule has 8 heteroatoms. The Morgan fingerprint density at radius 2 is 2.28 bits per heavy atom. The van der Waals surface area contributed by atoms with Gasteiger partial charge in [-0.1, -0.05) is 6.07 Å². The number of rotatable bonds is 3. The number of aromatic amines is 1. The van der Waals surface area contributed by atoms with E-state index in [1.165, 1.54) is 11.1 Å². The van der Waals surface area contributed by atoms with Crippen LogP contribution in [0.1, 0.15) is 17.5 Å². The van der Waals surface area contributed by atoms with Crippen LogP contribution in [0.3, 0.4) is 0 Å². The zero-order valence-electron chi connectivity index (χ0n) is 13.5. The molecule has 1 atom stereocenters. The van der Waals surface area contributed by atoms with E-state index in [2.05, 4.69) is 20.8 Å². The van der Waals surface area contributed by atoms with Crippen LogP contribution in [0.2, 0.25) is 0 Å². The van der Waals surface area contributed by atoms with E-state index in [0.717, 1.165) is 12.1 Å². The minimum Gasteiger partial charge on any atom is -0.323 e. The third kappa shape index (κ3) is 2.89. The Morgan fingerprint density at radius 3 is 3.08 bits per heavy atom. The van der Waals surface area contributed by atoms with Gasteiger partial charge in [0.1, 0.15) is 5.82 Å². The van der Waals surface area contributed by atoms with E-state index in [1.807, 2.05) is 6.07 Å². The SMILES string of the molecule is O=C(Nc1ccc2c(c1F)CCNC2)C1CC(=O)N(c2cn[nH]c2)C1. The largest absolute Gasteiger partial charge is 0.323 e. The van der Waals surface area contributed by atoms with Crippen molar-refractivity contribution in [3.05, 3.63) is 41.5 Å². The van der Waals surface area contributed by atoms with Crippen molar-refractivity contribution in [2.75, 3.05) is 23.3 Å². The number of carbonyl (C=O) groups excluding carboxylic acids is 2. The lowest BCUT2D eigenvalue weighted by atomic mass is 9.99. The molecular weight excluding hydrogens is 325 g/mol. The number of benzene rings is 1. The second-order valence-electron chi connectivity index (χ2n) is 6.34. The molecule has 0 spiro atoms. The Bertz CT molecular complexity index is 821. The summed E-state index contributed by atoms with van der Waals surface area (Å²) in [5.74, 6) is -1.37. The van der Waals surface area contributed by atoms with E-state index in [1.54, 1.807) is 12.3 Å². The number of hydrogen-bond acceptors (Lipinski definition) is 4. The first-order valence-electron chi connectivity index (χ1n) is 8.24. The lowest BCUT2D eigenvalue weighted by molar-refractivity contribution is -0.122. The molecule has 3 N–H and O–H groups in total. The molecule has 1 fully saturated rings. The lowest BCUT2D eigenvalue weighted by Crippen LogP contribution is -2.29.